The van der Waals surface area contributed by atoms with Crippen molar-refractivity contribution >= 4 is 11.6 Å². The van der Waals surface area contributed by atoms with E-state index in [9.17, 15) is 5.11 Å². The molecule has 0 spiro atoms. The molecule has 0 saturated heterocycles. The largest absolute Gasteiger partial charge is 0.387 e. The summed E-state index contributed by atoms with van der Waals surface area (Å²) in [7, 11) is 0. The Balaban J connectivity index is 2.69. The Labute approximate surface area is 83.4 Å². The van der Waals surface area contributed by atoms with Crippen LogP contribution >= 0.6 is 11.6 Å². The number of benzene rings is 1. The van der Waals surface area contributed by atoms with Gasteiger partial charge in [0.1, 0.15) is 0 Å². The first-order chi connectivity index (χ1) is 6.24. The Morgan fingerprint density at radius 1 is 1.38 bits per heavy atom. The molecule has 0 saturated carbocycles. The maximum Gasteiger partial charge on any atom is 0.0899 e. The molecule has 0 fully saturated rings. The van der Waals surface area contributed by atoms with E-state index in [0.29, 0.717) is 11.4 Å². The molecular weight excluding hydrogens is 184 g/mol. The SMILES string of the molecule is CC#CCC(O)c1ccc(Cl)cc1. The van der Waals surface area contributed by atoms with Crippen LogP contribution in [-0.4, -0.2) is 5.11 Å². The Hall–Kier alpha value is -0.970. The van der Waals surface area contributed by atoms with E-state index in [0.717, 1.165) is 5.56 Å². The minimum atomic E-state index is -0.510. The second kappa shape index (κ2) is 4.91. The average molecular weight is 195 g/mol. The molecule has 0 bridgehead atoms. The van der Waals surface area contributed by atoms with Crippen LogP contribution in [0.1, 0.15) is 25.0 Å². The molecule has 0 amide bonds. The van der Waals surface area contributed by atoms with Crippen LogP contribution in [0.15, 0.2) is 24.3 Å². The molecule has 1 aromatic carbocycles. The lowest BCUT2D eigenvalue weighted by molar-refractivity contribution is 0.184. The van der Waals surface area contributed by atoms with Gasteiger partial charge in [-0.2, -0.15) is 0 Å². The standard InChI is InChI=1S/C11H11ClO/c1-2-3-4-11(13)9-5-7-10(12)8-6-9/h5-8,11,13H,4H2,1H3. The van der Waals surface area contributed by atoms with Gasteiger partial charge in [0, 0.05) is 11.4 Å². The second-order valence-corrected chi connectivity index (χ2v) is 3.13. The zero-order valence-corrected chi connectivity index (χ0v) is 8.17. The van der Waals surface area contributed by atoms with Crippen LogP contribution in [0, 0.1) is 11.8 Å². The summed E-state index contributed by atoms with van der Waals surface area (Å²) in [5.74, 6) is 5.57. The highest BCUT2D eigenvalue weighted by Gasteiger charge is 2.04. The van der Waals surface area contributed by atoms with Crippen molar-refractivity contribution in [2.75, 3.05) is 0 Å². The van der Waals surface area contributed by atoms with Crippen molar-refractivity contribution in [2.45, 2.75) is 19.4 Å². The number of hydrogen-bond acceptors (Lipinski definition) is 1. The van der Waals surface area contributed by atoms with Crippen molar-refractivity contribution in [3.63, 3.8) is 0 Å². The minimum Gasteiger partial charge on any atom is -0.387 e. The quantitative estimate of drug-likeness (QED) is 0.718. The zero-order valence-electron chi connectivity index (χ0n) is 7.42. The van der Waals surface area contributed by atoms with Crippen LogP contribution in [0.2, 0.25) is 5.02 Å². The molecule has 0 heterocycles. The number of aliphatic hydroxyl groups excluding tert-OH is 1. The lowest BCUT2D eigenvalue weighted by atomic mass is 10.1. The van der Waals surface area contributed by atoms with E-state index in [-0.39, 0.29) is 0 Å². The zero-order chi connectivity index (χ0) is 9.68. The van der Waals surface area contributed by atoms with E-state index < -0.39 is 6.10 Å². The minimum absolute atomic E-state index is 0.470. The van der Waals surface area contributed by atoms with Crippen LogP contribution in [0.25, 0.3) is 0 Å². The predicted molar refractivity (Wildman–Crippen MR) is 54.5 cm³/mol. The fourth-order valence-electron chi connectivity index (χ4n) is 1.00. The normalized spacial score (nSPS) is 11.6. The lowest BCUT2D eigenvalue weighted by Crippen LogP contribution is -1.94. The highest BCUT2D eigenvalue weighted by molar-refractivity contribution is 6.30. The summed E-state index contributed by atoms with van der Waals surface area (Å²) in [4.78, 5) is 0. The van der Waals surface area contributed by atoms with Gasteiger partial charge in [0.15, 0.2) is 0 Å². The fraction of sp³-hybridized carbons (Fsp3) is 0.273. The molecule has 1 rings (SSSR count). The second-order valence-electron chi connectivity index (χ2n) is 2.70. The van der Waals surface area contributed by atoms with Crippen molar-refractivity contribution in [1.29, 1.82) is 0 Å². The first-order valence-electron chi connectivity index (χ1n) is 4.07. The molecule has 13 heavy (non-hydrogen) atoms. The van der Waals surface area contributed by atoms with Crippen LogP contribution in [0.4, 0.5) is 0 Å². The van der Waals surface area contributed by atoms with E-state index in [2.05, 4.69) is 11.8 Å². The van der Waals surface area contributed by atoms with Gasteiger partial charge in [-0.15, -0.1) is 11.8 Å². The first-order valence-corrected chi connectivity index (χ1v) is 4.45. The van der Waals surface area contributed by atoms with Crippen LogP contribution in [0.5, 0.6) is 0 Å². The van der Waals surface area contributed by atoms with Crippen molar-refractivity contribution < 1.29 is 5.11 Å². The molecule has 0 radical (unpaired) electrons. The summed E-state index contributed by atoms with van der Waals surface area (Å²) in [5.41, 5.74) is 0.854. The summed E-state index contributed by atoms with van der Waals surface area (Å²) < 4.78 is 0. The van der Waals surface area contributed by atoms with Gasteiger partial charge in [-0.3, -0.25) is 0 Å². The van der Waals surface area contributed by atoms with Crippen LogP contribution in [-0.2, 0) is 0 Å². The molecule has 2 heteroatoms. The summed E-state index contributed by atoms with van der Waals surface area (Å²) in [6.45, 7) is 1.76. The van der Waals surface area contributed by atoms with E-state index in [1.807, 2.05) is 12.1 Å². The number of rotatable bonds is 2. The van der Waals surface area contributed by atoms with E-state index in [1.54, 1.807) is 19.1 Å². The van der Waals surface area contributed by atoms with Crippen molar-refractivity contribution in [3.05, 3.63) is 34.9 Å². The van der Waals surface area contributed by atoms with Crippen molar-refractivity contribution in [1.82, 2.24) is 0 Å². The van der Waals surface area contributed by atoms with Crippen LogP contribution in [0.3, 0.4) is 0 Å². The third kappa shape index (κ3) is 3.10. The monoisotopic (exact) mass is 194 g/mol. The van der Waals surface area contributed by atoms with Crippen molar-refractivity contribution in [2.24, 2.45) is 0 Å². The molecular formula is C11H11ClO. The summed E-state index contributed by atoms with van der Waals surface area (Å²) in [5, 5.41) is 10.3. The number of hydrogen-bond donors (Lipinski definition) is 1. The third-order valence-electron chi connectivity index (χ3n) is 1.73. The lowest BCUT2D eigenvalue weighted by Gasteiger charge is -2.06. The maximum atomic E-state index is 9.60. The number of halogens is 1. The van der Waals surface area contributed by atoms with Crippen molar-refractivity contribution in [3.8, 4) is 11.8 Å². The maximum absolute atomic E-state index is 9.60. The first kappa shape index (κ1) is 10.1. The van der Waals surface area contributed by atoms with Gasteiger partial charge in [-0.25, -0.2) is 0 Å². The topological polar surface area (TPSA) is 20.2 Å². The molecule has 1 unspecified atom stereocenters. The summed E-state index contributed by atoms with van der Waals surface area (Å²) in [6, 6.07) is 7.15. The molecule has 0 aromatic heterocycles. The van der Waals surface area contributed by atoms with Gasteiger partial charge in [0.2, 0.25) is 0 Å². The number of aliphatic hydroxyl groups is 1. The van der Waals surface area contributed by atoms with Crippen LogP contribution < -0.4 is 0 Å². The average Bonchev–Trinajstić information content (AvgIpc) is 2.15. The summed E-state index contributed by atoms with van der Waals surface area (Å²) >= 11 is 5.71. The molecule has 1 nitrogen and oxygen atoms in total. The Bertz CT molecular complexity index is 318. The van der Waals surface area contributed by atoms with E-state index in [1.165, 1.54) is 0 Å². The Morgan fingerprint density at radius 2 is 2.00 bits per heavy atom. The summed E-state index contributed by atoms with van der Waals surface area (Å²) in [6.07, 6.45) is -0.0392. The van der Waals surface area contributed by atoms with E-state index >= 15 is 0 Å². The smallest absolute Gasteiger partial charge is 0.0899 e. The van der Waals surface area contributed by atoms with Gasteiger partial charge in [-0.1, -0.05) is 23.7 Å². The van der Waals surface area contributed by atoms with Gasteiger partial charge in [0.05, 0.1) is 6.10 Å². The predicted octanol–water partition coefficient (Wildman–Crippen LogP) is 2.79. The fourth-order valence-corrected chi connectivity index (χ4v) is 1.13. The highest BCUT2D eigenvalue weighted by Crippen LogP contribution is 2.18. The molecule has 0 aliphatic heterocycles. The Kier molecular flexibility index (Phi) is 3.82. The Morgan fingerprint density at radius 3 is 2.54 bits per heavy atom. The molecule has 1 aromatic rings. The van der Waals surface area contributed by atoms with E-state index in [4.69, 9.17) is 11.6 Å². The molecule has 0 aliphatic carbocycles. The molecule has 0 aliphatic rings. The van der Waals surface area contributed by atoms with Gasteiger partial charge < -0.3 is 5.11 Å². The molecule has 1 N–H and O–H groups in total. The highest BCUT2D eigenvalue weighted by atomic mass is 35.5. The van der Waals surface area contributed by atoms with Gasteiger partial charge in [-0.05, 0) is 24.6 Å². The van der Waals surface area contributed by atoms with Gasteiger partial charge in [0.25, 0.3) is 0 Å². The third-order valence-corrected chi connectivity index (χ3v) is 1.98. The molecule has 68 valence electrons. The van der Waals surface area contributed by atoms with Gasteiger partial charge >= 0.3 is 0 Å². The molecule has 1 atom stereocenters.